The predicted octanol–water partition coefficient (Wildman–Crippen LogP) is -0.459. The van der Waals surface area contributed by atoms with Crippen molar-refractivity contribution >= 4 is 58.5 Å². The van der Waals surface area contributed by atoms with E-state index in [9.17, 15) is 14.7 Å². The molecule has 0 unspecified atom stereocenters. The van der Waals surface area contributed by atoms with Gasteiger partial charge >= 0.3 is 5.97 Å². The predicted molar refractivity (Wildman–Crippen MR) is 62.6 cm³/mol. The van der Waals surface area contributed by atoms with Gasteiger partial charge in [-0.05, 0) is 12.0 Å². The van der Waals surface area contributed by atoms with Crippen LogP contribution in [-0.4, -0.2) is 38.9 Å². The molecule has 4 N–H and O–H groups in total. The number of rotatable bonds is 4. The first kappa shape index (κ1) is 18.5. The van der Waals surface area contributed by atoms with E-state index < -0.39 is 21.8 Å². The van der Waals surface area contributed by atoms with E-state index in [0.29, 0.717) is 6.42 Å². The smallest absolute Gasteiger partial charge is 0.362 e. The summed E-state index contributed by atoms with van der Waals surface area (Å²) in [4.78, 5) is 19.6. The summed E-state index contributed by atoms with van der Waals surface area (Å²) in [5.41, 5.74) is 3.46. The molecule has 0 saturated carbocycles. The summed E-state index contributed by atoms with van der Waals surface area (Å²) in [5, 5.41) is 17.9. The summed E-state index contributed by atoms with van der Waals surface area (Å²) in [6.07, 6.45) is 2.62. The summed E-state index contributed by atoms with van der Waals surface area (Å²) in [5.74, 6) is -1.64. The number of aliphatic carboxylic acids is 2. The van der Waals surface area contributed by atoms with Crippen LogP contribution in [0.2, 0.25) is 0 Å². The van der Waals surface area contributed by atoms with Crippen LogP contribution < -0.4 is 10.8 Å². The van der Waals surface area contributed by atoms with E-state index in [1.165, 1.54) is 0 Å². The van der Waals surface area contributed by atoms with E-state index in [1.54, 1.807) is 11.8 Å². The number of halogens is 3. The third-order valence-corrected chi connectivity index (χ3v) is 2.36. The standard InChI is InChI=1S/C5H11NO2S.C2HCl3O2/c1-9-3-2-4(6)5(7)8;3-2(4,5)1(6)7/h4H,2-3,6H2,1H3,(H,7,8);(H,6,7)/t4-;/m0./s1. The highest BCUT2D eigenvalue weighted by atomic mass is 35.6. The van der Waals surface area contributed by atoms with Crippen molar-refractivity contribution in [3.8, 4) is 0 Å². The van der Waals surface area contributed by atoms with Gasteiger partial charge in [-0.25, -0.2) is 4.79 Å². The molecule has 0 amide bonds. The number of hydrogen-bond acceptors (Lipinski definition) is 4. The minimum absolute atomic E-state index is 0.433. The zero-order valence-corrected chi connectivity index (χ0v) is 11.5. The summed E-state index contributed by atoms with van der Waals surface area (Å²) in [6, 6.07) is -0.433. The molecular weight excluding hydrogens is 301 g/mol. The van der Waals surface area contributed by atoms with Gasteiger partial charge in [-0.1, -0.05) is 34.8 Å². The van der Waals surface area contributed by atoms with Gasteiger partial charge in [0.05, 0.1) is 5.97 Å². The van der Waals surface area contributed by atoms with Gasteiger partial charge < -0.3 is 20.7 Å². The van der Waals surface area contributed by atoms with Gasteiger partial charge in [0.25, 0.3) is 0 Å². The molecule has 0 spiro atoms. The number of carbonyl (C=O) groups excluding carboxylic acids is 1. The molecule has 0 aromatic rings. The van der Waals surface area contributed by atoms with Crippen LogP contribution in [0.25, 0.3) is 0 Å². The Morgan fingerprint density at radius 2 is 1.88 bits per heavy atom. The molecule has 0 aromatic heterocycles. The first-order chi connectivity index (χ1) is 7.12. The third kappa shape index (κ3) is 12.2. The minimum Gasteiger partial charge on any atom is -0.545 e. The fourth-order valence-corrected chi connectivity index (χ4v) is 0.904. The highest BCUT2D eigenvalue weighted by Crippen LogP contribution is 2.24. The summed E-state index contributed by atoms with van der Waals surface area (Å²) in [6.45, 7) is 0. The van der Waals surface area contributed by atoms with Crippen LogP contribution in [0.1, 0.15) is 6.42 Å². The van der Waals surface area contributed by atoms with Gasteiger partial charge in [0.2, 0.25) is 3.79 Å². The minimum atomic E-state index is -2.28. The van der Waals surface area contributed by atoms with Crippen molar-refractivity contribution in [2.75, 3.05) is 12.0 Å². The van der Waals surface area contributed by atoms with Crippen molar-refractivity contribution in [3.63, 3.8) is 0 Å². The third-order valence-electron chi connectivity index (χ3n) is 1.25. The van der Waals surface area contributed by atoms with E-state index in [0.717, 1.165) is 5.75 Å². The molecule has 96 valence electrons. The lowest BCUT2D eigenvalue weighted by Gasteiger charge is -2.09. The van der Waals surface area contributed by atoms with Crippen LogP contribution in [-0.2, 0) is 9.59 Å². The van der Waals surface area contributed by atoms with Crippen LogP contribution in [0.3, 0.4) is 0 Å². The second kappa shape index (κ2) is 9.18. The first-order valence-corrected chi connectivity index (χ1v) is 6.48. The quantitative estimate of drug-likeness (QED) is 0.684. The molecule has 0 rings (SSSR count). The molecule has 0 aliphatic heterocycles. The maximum Gasteiger partial charge on any atom is 0.362 e. The summed E-state index contributed by atoms with van der Waals surface area (Å²) < 4.78 is -2.28. The van der Waals surface area contributed by atoms with E-state index in [4.69, 9.17) is 39.9 Å². The van der Waals surface area contributed by atoms with Crippen molar-refractivity contribution in [1.82, 2.24) is 0 Å². The fourth-order valence-electron chi connectivity index (χ4n) is 0.384. The lowest BCUT2D eigenvalue weighted by molar-refractivity contribution is -0.407. The van der Waals surface area contributed by atoms with Crippen LogP contribution in [0.5, 0.6) is 0 Å². The first-order valence-electron chi connectivity index (χ1n) is 3.96. The average Bonchev–Trinajstić information content (AvgIpc) is 2.13. The van der Waals surface area contributed by atoms with Crippen molar-refractivity contribution < 1.29 is 25.5 Å². The second-order valence-corrected chi connectivity index (χ2v) is 5.87. The topological polar surface area (TPSA) is 105 Å². The number of hydrogen-bond donors (Lipinski definition) is 2. The van der Waals surface area contributed by atoms with E-state index in [2.05, 4.69) is 5.73 Å². The largest absolute Gasteiger partial charge is 0.545 e. The normalized spacial score (nSPS) is 12.3. The van der Waals surface area contributed by atoms with E-state index in [-0.39, 0.29) is 0 Å². The molecule has 5 nitrogen and oxygen atoms in total. The molecule has 0 saturated heterocycles. The Morgan fingerprint density at radius 1 is 1.50 bits per heavy atom. The molecule has 0 fully saturated rings. The molecule has 0 aromatic carbocycles. The van der Waals surface area contributed by atoms with Gasteiger partial charge in [0, 0.05) is 6.42 Å². The molecule has 1 atom stereocenters. The van der Waals surface area contributed by atoms with Crippen LogP contribution >= 0.6 is 46.6 Å². The van der Waals surface area contributed by atoms with Crippen molar-refractivity contribution in [2.45, 2.75) is 16.3 Å². The summed E-state index contributed by atoms with van der Waals surface area (Å²) >= 11 is 15.9. The lowest BCUT2D eigenvalue weighted by atomic mass is 10.2. The maximum atomic E-state index is 10.1. The molecule has 0 heterocycles. The van der Waals surface area contributed by atoms with Crippen molar-refractivity contribution in [2.24, 2.45) is 0 Å². The van der Waals surface area contributed by atoms with Crippen molar-refractivity contribution in [1.29, 1.82) is 0 Å². The SMILES string of the molecule is CSCC[C@H]([NH3+])C(=O)O.O=C([O-])C(Cl)(Cl)Cl. The Bertz CT molecular complexity index is 234. The highest BCUT2D eigenvalue weighted by Gasteiger charge is 2.20. The monoisotopic (exact) mass is 311 g/mol. The zero-order chi connectivity index (χ0) is 13.4. The molecule has 16 heavy (non-hydrogen) atoms. The Hall–Kier alpha value is 0.120. The van der Waals surface area contributed by atoms with Gasteiger partial charge in [-0.15, -0.1) is 0 Å². The fraction of sp³-hybridized carbons (Fsp3) is 0.714. The van der Waals surface area contributed by atoms with Gasteiger partial charge in [0.15, 0.2) is 6.04 Å². The number of thioether (sulfide) groups is 1. The summed E-state index contributed by atoms with van der Waals surface area (Å²) in [7, 11) is 0. The molecule has 0 aliphatic carbocycles. The van der Waals surface area contributed by atoms with Gasteiger partial charge in [0.1, 0.15) is 0 Å². The number of alkyl halides is 3. The lowest BCUT2D eigenvalue weighted by Crippen LogP contribution is -2.65. The number of carbonyl (C=O) groups is 2. The Labute approximate surface area is 112 Å². The van der Waals surface area contributed by atoms with Crippen molar-refractivity contribution in [3.05, 3.63) is 0 Å². The second-order valence-electron chi connectivity index (χ2n) is 2.60. The Kier molecular flexibility index (Phi) is 10.6. The zero-order valence-electron chi connectivity index (χ0n) is 8.41. The van der Waals surface area contributed by atoms with E-state index in [1.807, 2.05) is 6.26 Å². The molecule has 0 radical (unpaired) electrons. The van der Waals surface area contributed by atoms with Gasteiger partial charge in [-0.3, -0.25) is 0 Å². The number of carboxylic acids is 2. The van der Waals surface area contributed by atoms with Crippen LogP contribution in [0.15, 0.2) is 0 Å². The van der Waals surface area contributed by atoms with Gasteiger partial charge in [-0.2, -0.15) is 11.8 Å². The highest BCUT2D eigenvalue weighted by molar-refractivity contribution is 7.98. The molecule has 0 bridgehead atoms. The maximum absolute atomic E-state index is 10.1. The average molecular weight is 313 g/mol. The molecule has 9 heteroatoms. The number of carboxylic acid groups (broad SMARTS) is 2. The molecular formula is C7H12Cl3NO4S. The molecule has 0 aliphatic rings. The van der Waals surface area contributed by atoms with Crippen LogP contribution in [0.4, 0.5) is 0 Å². The number of quaternary nitrogens is 1. The van der Waals surface area contributed by atoms with E-state index >= 15 is 0 Å². The Morgan fingerprint density at radius 3 is 2.06 bits per heavy atom. The van der Waals surface area contributed by atoms with Crippen LogP contribution in [0, 0.1) is 0 Å². The Balaban J connectivity index is 0.